The first-order valence-electron chi connectivity index (χ1n) is 23.8. The Morgan fingerprint density at radius 2 is 1.75 bits per heavy atom. The smallest absolute Gasteiger partial charge is 0.295 e. The molecule has 16 heteroatoms. The van der Waals surface area contributed by atoms with Gasteiger partial charge in [-0.05, 0) is 136 Å². The molecule has 0 bridgehead atoms. The van der Waals surface area contributed by atoms with Crippen molar-refractivity contribution in [3.05, 3.63) is 112 Å². The van der Waals surface area contributed by atoms with Crippen molar-refractivity contribution in [3.63, 3.8) is 0 Å². The Morgan fingerprint density at radius 3 is 2.51 bits per heavy atom. The Balaban J connectivity index is 0.871. The highest BCUT2D eigenvalue weighted by atomic mass is 32.2. The number of nitrogens with zero attached hydrogens (tertiary/aromatic N) is 4. The summed E-state index contributed by atoms with van der Waals surface area (Å²) in [7, 11) is -4.68. The summed E-state index contributed by atoms with van der Waals surface area (Å²) in [6.45, 7) is 9.62. The second-order valence-electron chi connectivity index (χ2n) is 20.1. The van der Waals surface area contributed by atoms with Crippen molar-refractivity contribution in [2.45, 2.75) is 113 Å². The molecule has 5 N–H and O–H groups in total. The van der Waals surface area contributed by atoms with Gasteiger partial charge < -0.3 is 30.0 Å². The molecule has 2 aliphatic carbocycles. The summed E-state index contributed by atoms with van der Waals surface area (Å²) in [4.78, 5) is 41.3. The number of anilines is 2. The number of H-pyrrole nitrogens is 2. The number of ether oxygens (including phenoxy) is 1. The van der Waals surface area contributed by atoms with Gasteiger partial charge in [0.15, 0.2) is 0 Å². The molecular formula is C51H60N8O7S. The minimum absolute atomic E-state index is 0.0272. The van der Waals surface area contributed by atoms with Crippen LogP contribution in [0.25, 0.3) is 21.9 Å². The number of aromatic amines is 2. The van der Waals surface area contributed by atoms with Crippen molar-refractivity contribution < 1.29 is 28.0 Å². The number of rotatable bonds is 13. The summed E-state index contributed by atoms with van der Waals surface area (Å²) in [5.74, 6) is 0.221. The molecule has 5 heterocycles. The van der Waals surface area contributed by atoms with Gasteiger partial charge in [0.05, 0.1) is 27.8 Å². The number of amides is 1. The zero-order valence-corrected chi connectivity index (χ0v) is 39.2. The lowest BCUT2D eigenvalue weighted by Crippen LogP contribution is -2.54. The van der Waals surface area contributed by atoms with Crippen LogP contribution in [0.15, 0.2) is 90.2 Å². The van der Waals surface area contributed by atoms with E-state index in [1.807, 2.05) is 19.1 Å². The summed E-state index contributed by atoms with van der Waals surface area (Å²) in [5, 5.41) is 27.1. The van der Waals surface area contributed by atoms with Crippen molar-refractivity contribution in [1.82, 2.24) is 24.6 Å². The number of sulfonamides is 1. The van der Waals surface area contributed by atoms with Crippen LogP contribution >= 0.6 is 0 Å². The third-order valence-corrected chi connectivity index (χ3v) is 16.7. The molecule has 2 saturated heterocycles. The molecule has 1 amide bonds. The first-order valence-corrected chi connectivity index (χ1v) is 25.3. The third-order valence-electron chi connectivity index (χ3n) is 15.3. The van der Waals surface area contributed by atoms with E-state index in [4.69, 9.17) is 4.74 Å². The summed E-state index contributed by atoms with van der Waals surface area (Å²) in [5.41, 5.74) is 3.97. The number of nitro benzene ring substituents is 1. The normalized spacial score (nSPS) is 22.4. The van der Waals surface area contributed by atoms with Gasteiger partial charge in [-0.3, -0.25) is 19.8 Å². The van der Waals surface area contributed by atoms with Crippen LogP contribution in [0.5, 0.6) is 11.5 Å². The lowest BCUT2D eigenvalue weighted by atomic mass is 9.59. The number of pyridine rings is 1. The summed E-state index contributed by atoms with van der Waals surface area (Å²) >= 11 is 0. The number of carbonyl (C=O) groups is 1. The zero-order valence-electron chi connectivity index (χ0n) is 38.4. The van der Waals surface area contributed by atoms with Crippen LogP contribution in [0.2, 0.25) is 0 Å². The van der Waals surface area contributed by atoms with E-state index >= 15 is 0 Å². The van der Waals surface area contributed by atoms with Crippen LogP contribution in [-0.4, -0.2) is 82.0 Å². The molecule has 2 saturated carbocycles. The molecule has 1 atom stereocenters. The summed E-state index contributed by atoms with van der Waals surface area (Å²) < 4.78 is 37.1. The van der Waals surface area contributed by atoms with Crippen molar-refractivity contribution in [2.75, 3.05) is 36.4 Å². The SMILES string of the molecule is CC(C)c1ccccc1[C@@H]1CCCN1C1CC2(CCN(c3ccc(C(=O)NS(=O)(=O)c4cc([N+](=O)[O-])c(NCC5CCC(C)(O)CC5)c5[nH]ccc45)c(Oc4cnc5[nH]ccc5c4)c3)CC2)C1. The highest BCUT2D eigenvalue weighted by Crippen LogP contribution is 2.54. The molecule has 3 aromatic carbocycles. The quantitative estimate of drug-likeness (QED) is 0.0546. The van der Waals surface area contributed by atoms with Crippen molar-refractivity contribution >= 4 is 54.9 Å². The van der Waals surface area contributed by atoms with Gasteiger partial charge in [0.2, 0.25) is 0 Å². The number of nitrogens with one attached hydrogen (secondary N) is 4. The number of piperidine rings is 1. The number of aromatic nitrogens is 3. The average Bonchev–Trinajstić information content (AvgIpc) is 4.09. The van der Waals surface area contributed by atoms with Gasteiger partial charge in [-0.25, -0.2) is 18.1 Å². The van der Waals surface area contributed by atoms with E-state index in [1.165, 1.54) is 49.1 Å². The van der Waals surface area contributed by atoms with Gasteiger partial charge in [0.25, 0.3) is 21.6 Å². The lowest BCUT2D eigenvalue weighted by Gasteiger charge is -2.56. The molecule has 0 unspecified atom stereocenters. The van der Waals surface area contributed by atoms with E-state index in [-0.39, 0.29) is 33.8 Å². The van der Waals surface area contributed by atoms with Gasteiger partial charge in [0.1, 0.15) is 27.7 Å². The second kappa shape index (κ2) is 17.6. The number of benzene rings is 3. The van der Waals surface area contributed by atoms with Gasteiger partial charge in [-0.15, -0.1) is 0 Å². The van der Waals surface area contributed by atoms with E-state index in [1.54, 1.807) is 30.6 Å². The highest BCUT2D eigenvalue weighted by Gasteiger charge is 2.50. The van der Waals surface area contributed by atoms with Crippen molar-refractivity contribution in [1.29, 1.82) is 0 Å². The molecule has 0 radical (unpaired) electrons. The first-order chi connectivity index (χ1) is 32.2. The maximum Gasteiger partial charge on any atom is 0.295 e. The number of hydrogen-bond acceptors (Lipinski definition) is 11. The predicted molar refractivity (Wildman–Crippen MR) is 259 cm³/mol. The predicted octanol–water partition coefficient (Wildman–Crippen LogP) is 9.93. The molecule has 4 fully saturated rings. The fraction of sp³-hybridized carbons (Fsp3) is 0.451. The average molecular weight is 929 g/mol. The standard InChI is InChI=1S/C51H60N8O7S/c1-32(2)38-7-4-5-8-39(38)42-9-6-22-58(42)36-28-51(29-36)18-23-57(24-19-51)35-10-11-40(44(26-35)66-37-25-34-14-20-53-48(34)55-31-37)49(60)56-67(64,65)45-27-43(59(62)63)47(46-41(45)15-21-52-46)54-30-33-12-16-50(3,61)17-13-33/h4-5,7-8,10-11,14-15,20-21,25-27,31-33,36,42,52,54,61H,6,9,12-13,16-19,22-24,28-30H2,1-3H3,(H,53,55)(H,56,60)/t33?,42-,50?/m0/s1. The van der Waals surface area contributed by atoms with E-state index in [9.17, 15) is 28.4 Å². The molecule has 1 spiro atoms. The molecule has 352 valence electrons. The fourth-order valence-corrected chi connectivity index (χ4v) is 12.7. The van der Waals surface area contributed by atoms with Crippen molar-refractivity contribution in [3.8, 4) is 11.5 Å². The third kappa shape index (κ3) is 8.86. The van der Waals surface area contributed by atoms with E-state index < -0.39 is 37.0 Å². The number of aliphatic hydroxyl groups is 1. The van der Waals surface area contributed by atoms with Gasteiger partial charge in [0, 0.05) is 72.7 Å². The Bertz CT molecular complexity index is 2940. The number of hydrogen-bond donors (Lipinski definition) is 5. The lowest BCUT2D eigenvalue weighted by molar-refractivity contribution is -0.384. The van der Waals surface area contributed by atoms with Crippen LogP contribution in [0.3, 0.4) is 0 Å². The topological polar surface area (TPSA) is 199 Å². The molecule has 2 aliphatic heterocycles. The van der Waals surface area contributed by atoms with E-state index in [0.29, 0.717) is 54.2 Å². The van der Waals surface area contributed by atoms with Crippen LogP contribution < -0.4 is 19.7 Å². The van der Waals surface area contributed by atoms with Crippen LogP contribution in [-0.2, 0) is 10.0 Å². The Hall–Kier alpha value is -5.97. The van der Waals surface area contributed by atoms with Gasteiger partial charge >= 0.3 is 0 Å². The number of likely N-dealkylation sites (tertiary alicyclic amines) is 1. The molecular weight excluding hydrogens is 869 g/mol. The van der Waals surface area contributed by atoms with Crippen LogP contribution in [0.4, 0.5) is 17.1 Å². The highest BCUT2D eigenvalue weighted by molar-refractivity contribution is 7.90. The Kier molecular flexibility index (Phi) is 11.8. The molecule has 67 heavy (non-hydrogen) atoms. The van der Waals surface area contributed by atoms with Gasteiger partial charge in [-0.2, -0.15) is 0 Å². The second-order valence-corrected chi connectivity index (χ2v) is 21.8. The van der Waals surface area contributed by atoms with E-state index in [0.717, 1.165) is 62.5 Å². The molecule has 10 rings (SSSR count). The maximum atomic E-state index is 14.2. The van der Waals surface area contributed by atoms with Gasteiger partial charge in [-0.1, -0.05) is 38.1 Å². The molecule has 15 nitrogen and oxygen atoms in total. The summed E-state index contributed by atoms with van der Waals surface area (Å²) in [6, 6.07) is 21.4. The maximum absolute atomic E-state index is 14.2. The fourth-order valence-electron chi connectivity index (χ4n) is 11.5. The first kappa shape index (κ1) is 44.8. The van der Waals surface area contributed by atoms with Crippen molar-refractivity contribution in [2.24, 2.45) is 11.3 Å². The van der Waals surface area contributed by atoms with Crippen LogP contribution in [0, 0.1) is 21.4 Å². The number of fused-ring (bicyclic) bond motifs is 2. The molecule has 4 aliphatic rings. The summed E-state index contributed by atoms with van der Waals surface area (Å²) in [6.07, 6.45) is 14.5. The molecule has 3 aromatic heterocycles. The molecule has 6 aromatic rings. The van der Waals surface area contributed by atoms with Crippen LogP contribution in [0.1, 0.15) is 118 Å². The minimum Gasteiger partial charge on any atom is -0.455 e. The Labute approximate surface area is 390 Å². The number of nitro groups is 1. The zero-order chi connectivity index (χ0) is 46.7. The minimum atomic E-state index is -4.68. The number of carbonyl (C=O) groups excluding carboxylic acids is 1. The largest absolute Gasteiger partial charge is 0.455 e. The monoisotopic (exact) mass is 928 g/mol. The Morgan fingerprint density at radius 1 is 0.985 bits per heavy atom. The van der Waals surface area contributed by atoms with E-state index in [2.05, 4.69) is 72.9 Å².